The maximum absolute atomic E-state index is 12.8. The summed E-state index contributed by atoms with van der Waals surface area (Å²) in [4.78, 5) is 30.1. The lowest BCUT2D eigenvalue weighted by molar-refractivity contribution is 0.0654. The number of nitrogens with one attached hydrogen (secondary N) is 1. The van der Waals surface area contributed by atoms with Gasteiger partial charge in [-0.1, -0.05) is 12.1 Å². The molecule has 10 heteroatoms. The maximum Gasteiger partial charge on any atom is 0.280 e. The Morgan fingerprint density at radius 1 is 0.939 bits per heavy atom. The third-order valence-corrected chi connectivity index (χ3v) is 6.62. The highest BCUT2D eigenvalue weighted by Crippen LogP contribution is 2.30. The number of sulfonamides is 1. The number of carbonyl (C=O) groups is 2. The first-order valence-corrected chi connectivity index (χ1v) is 11.5. The first-order valence-electron chi connectivity index (χ1n) is 9.99. The number of anilines is 1. The summed E-state index contributed by atoms with van der Waals surface area (Å²) in [6, 6.07) is 14.2. The van der Waals surface area contributed by atoms with Crippen molar-refractivity contribution < 1.29 is 27.5 Å². The fourth-order valence-corrected chi connectivity index (χ4v) is 4.56. The van der Waals surface area contributed by atoms with Crippen LogP contribution in [0.4, 0.5) is 5.69 Å². The van der Waals surface area contributed by atoms with Gasteiger partial charge in [-0.3, -0.25) is 24.2 Å². The summed E-state index contributed by atoms with van der Waals surface area (Å²) in [7, 11) is -0.872. The van der Waals surface area contributed by atoms with Crippen molar-refractivity contribution in [1.82, 2.24) is 9.88 Å². The van der Waals surface area contributed by atoms with E-state index in [1.165, 1.54) is 38.6 Å². The number of rotatable bonds is 8. The molecule has 1 aliphatic heterocycles. The molecular weight excluding hydrogens is 446 g/mol. The molecule has 0 aliphatic carbocycles. The van der Waals surface area contributed by atoms with E-state index in [4.69, 9.17) is 9.47 Å². The van der Waals surface area contributed by atoms with Crippen LogP contribution in [0.3, 0.4) is 0 Å². The number of pyridine rings is 1. The van der Waals surface area contributed by atoms with Crippen molar-refractivity contribution in [2.45, 2.75) is 11.3 Å². The van der Waals surface area contributed by atoms with Crippen LogP contribution in [0.1, 0.15) is 26.4 Å². The van der Waals surface area contributed by atoms with E-state index in [1.54, 1.807) is 36.4 Å². The van der Waals surface area contributed by atoms with Gasteiger partial charge in [0.2, 0.25) is 0 Å². The molecule has 2 amide bonds. The minimum atomic E-state index is -3.83. The van der Waals surface area contributed by atoms with Gasteiger partial charge in [-0.25, -0.2) is 8.42 Å². The molecule has 4 rings (SSSR count). The lowest BCUT2D eigenvalue weighted by Gasteiger charge is -2.14. The third-order valence-electron chi connectivity index (χ3n) is 5.22. The molecule has 1 aliphatic rings. The fraction of sp³-hybridized carbons (Fsp3) is 0.174. The van der Waals surface area contributed by atoms with Crippen LogP contribution in [0.25, 0.3) is 0 Å². The summed E-state index contributed by atoms with van der Waals surface area (Å²) >= 11 is 0. The molecule has 0 saturated heterocycles. The SMILES string of the molecule is COc1ccc(NS(=O)(=O)c2ccc(CCN3C(=O)c4cccnc4C3=O)cc2)cc1OC. The third kappa shape index (κ3) is 4.37. The highest BCUT2D eigenvalue weighted by Gasteiger charge is 2.36. The van der Waals surface area contributed by atoms with Crippen molar-refractivity contribution in [3.63, 3.8) is 0 Å². The monoisotopic (exact) mass is 467 g/mol. The molecule has 0 spiro atoms. The van der Waals surface area contributed by atoms with E-state index in [1.807, 2.05) is 0 Å². The minimum Gasteiger partial charge on any atom is -0.493 e. The lowest BCUT2D eigenvalue weighted by Crippen LogP contribution is -2.31. The molecule has 33 heavy (non-hydrogen) atoms. The van der Waals surface area contributed by atoms with E-state index >= 15 is 0 Å². The predicted molar refractivity (Wildman–Crippen MR) is 120 cm³/mol. The Kier molecular flexibility index (Phi) is 6.01. The molecular formula is C23H21N3O6S. The summed E-state index contributed by atoms with van der Waals surface area (Å²) in [5.41, 5.74) is 1.57. The fourth-order valence-electron chi connectivity index (χ4n) is 3.51. The predicted octanol–water partition coefficient (Wildman–Crippen LogP) is 2.74. The molecule has 9 nitrogen and oxygen atoms in total. The highest BCUT2D eigenvalue weighted by molar-refractivity contribution is 7.92. The van der Waals surface area contributed by atoms with Crippen molar-refractivity contribution in [3.8, 4) is 11.5 Å². The van der Waals surface area contributed by atoms with Gasteiger partial charge in [0.15, 0.2) is 11.5 Å². The van der Waals surface area contributed by atoms with E-state index in [0.29, 0.717) is 29.2 Å². The minimum absolute atomic E-state index is 0.0750. The second kappa shape index (κ2) is 8.91. The Balaban J connectivity index is 1.43. The second-order valence-corrected chi connectivity index (χ2v) is 8.91. The topological polar surface area (TPSA) is 115 Å². The van der Waals surface area contributed by atoms with Gasteiger partial charge < -0.3 is 9.47 Å². The average Bonchev–Trinajstić information content (AvgIpc) is 3.07. The van der Waals surface area contributed by atoms with Crippen LogP contribution in [-0.2, 0) is 16.4 Å². The van der Waals surface area contributed by atoms with Gasteiger partial charge in [-0.2, -0.15) is 0 Å². The normalized spacial score (nSPS) is 13.1. The van der Waals surface area contributed by atoms with Crippen molar-refractivity contribution in [2.24, 2.45) is 0 Å². The van der Waals surface area contributed by atoms with Gasteiger partial charge in [0.25, 0.3) is 21.8 Å². The van der Waals surface area contributed by atoms with E-state index in [2.05, 4.69) is 9.71 Å². The van der Waals surface area contributed by atoms with Crippen molar-refractivity contribution in [1.29, 1.82) is 0 Å². The zero-order valence-electron chi connectivity index (χ0n) is 17.9. The molecule has 0 fully saturated rings. The van der Waals surface area contributed by atoms with Crippen LogP contribution < -0.4 is 14.2 Å². The summed E-state index contributed by atoms with van der Waals surface area (Å²) in [5.74, 6) is 0.0883. The number of benzene rings is 2. The number of aromatic nitrogens is 1. The maximum atomic E-state index is 12.8. The molecule has 1 N–H and O–H groups in total. The lowest BCUT2D eigenvalue weighted by atomic mass is 10.1. The van der Waals surface area contributed by atoms with Gasteiger partial charge in [-0.05, 0) is 48.4 Å². The Morgan fingerprint density at radius 2 is 1.67 bits per heavy atom. The first-order chi connectivity index (χ1) is 15.8. The largest absolute Gasteiger partial charge is 0.493 e. The molecule has 2 aromatic carbocycles. The zero-order chi connectivity index (χ0) is 23.6. The number of methoxy groups -OCH3 is 2. The highest BCUT2D eigenvalue weighted by atomic mass is 32.2. The average molecular weight is 468 g/mol. The Hall–Kier alpha value is -3.92. The van der Waals surface area contributed by atoms with Crippen molar-refractivity contribution >= 4 is 27.5 Å². The first kappa shape index (κ1) is 22.3. The van der Waals surface area contributed by atoms with Crippen LogP contribution in [0.5, 0.6) is 11.5 Å². The van der Waals surface area contributed by atoms with Gasteiger partial charge in [0.05, 0.1) is 30.4 Å². The number of ether oxygens (including phenoxy) is 2. The van der Waals surface area contributed by atoms with Crippen LogP contribution in [0.15, 0.2) is 65.7 Å². The summed E-state index contributed by atoms with van der Waals surface area (Å²) in [6.07, 6.45) is 1.86. The smallest absolute Gasteiger partial charge is 0.280 e. The molecule has 0 unspecified atom stereocenters. The van der Waals surface area contributed by atoms with Gasteiger partial charge in [0.1, 0.15) is 5.69 Å². The van der Waals surface area contributed by atoms with E-state index in [9.17, 15) is 18.0 Å². The number of imide groups is 1. The summed E-state index contributed by atoms with van der Waals surface area (Å²) in [6.45, 7) is 0.171. The number of nitrogens with zero attached hydrogens (tertiary/aromatic N) is 2. The summed E-state index contributed by atoms with van der Waals surface area (Å²) in [5, 5.41) is 0. The molecule has 0 saturated carbocycles. The van der Waals surface area contributed by atoms with Gasteiger partial charge >= 0.3 is 0 Å². The van der Waals surface area contributed by atoms with E-state index in [-0.39, 0.29) is 23.0 Å². The second-order valence-electron chi connectivity index (χ2n) is 7.23. The zero-order valence-corrected chi connectivity index (χ0v) is 18.8. The Morgan fingerprint density at radius 3 is 2.33 bits per heavy atom. The standard InChI is InChI=1S/C23H21N3O6S/c1-31-19-10-7-16(14-20(19)32-2)25-33(29,30)17-8-5-15(6-9-17)11-13-26-22(27)18-4-3-12-24-21(18)23(26)28/h3-10,12,14,25H,11,13H2,1-2H3. The molecule has 0 atom stereocenters. The number of carbonyl (C=O) groups excluding carboxylic acids is 2. The molecule has 0 radical (unpaired) electrons. The number of amides is 2. The number of fused-ring (bicyclic) bond motifs is 1. The molecule has 170 valence electrons. The molecule has 0 bridgehead atoms. The summed E-state index contributed by atoms with van der Waals surface area (Å²) < 4.78 is 38.4. The van der Waals surface area contributed by atoms with E-state index in [0.717, 1.165) is 10.5 Å². The van der Waals surface area contributed by atoms with E-state index < -0.39 is 15.9 Å². The van der Waals surface area contributed by atoms with Crippen molar-refractivity contribution in [2.75, 3.05) is 25.5 Å². The number of hydrogen-bond acceptors (Lipinski definition) is 7. The van der Waals surface area contributed by atoms with Gasteiger partial charge in [0, 0.05) is 18.8 Å². The number of hydrogen-bond donors (Lipinski definition) is 1. The van der Waals surface area contributed by atoms with Gasteiger partial charge in [-0.15, -0.1) is 0 Å². The quantitative estimate of drug-likeness (QED) is 0.507. The van der Waals surface area contributed by atoms with Crippen LogP contribution >= 0.6 is 0 Å². The molecule has 3 aromatic rings. The van der Waals surface area contributed by atoms with Crippen LogP contribution in [0.2, 0.25) is 0 Å². The van der Waals surface area contributed by atoms with Crippen molar-refractivity contribution in [3.05, 3.63) is 77.6 Å². The molecule has 1 aromatic heterocycles. The molecule has 2 heterocycles. The van der Waals surface area contributed by atoms with Crippen LogP contribution in [0, 0.1) is 0 Å². The Bertz CT molecular complexity index is 1290. The Labute approximate surface area is 191 Å². The van der Waals surface area contributed by atoms with Crippen LogP contribution in [-0.4, -0.2) is 50.9 Å².